The lowest BCUT2D eigenvalue weighted by Gasteiger charge is -2.18. The van der Waals surface area contributed by atoms with E-state index in [0.717, 1.165) is 6.54 Å². The first-order valence-corrected chi connectivity index (χ1v) is 8.56. The first-order valence-electron chi connectivity index (χ1n) is 5.87. The number of aryl methyl sites for hydroxylation is 1. The van der Waals surface area contributed by atoms with Crippen molar-refractivity contribution < 1.29 is 0 Å². The van der Waals surface area contributed by atoms with Crippen molar-refractivity contribution in [3.8, 4) is 0 Å². The fourth-order valence-corrected chi connectivity index (χ4v) is 4.27. The number of rotatable bonds is 4. The van der Waals surface area contributed by atoms with E-state index in [1.54, 1.807) is 0 Å². The molecule has 0 saturated heterocycles. The Morgan fingerprint density at radius 2 is 2.11 bits per heavy atom. The van der Waals surface area contributed by atoms with Crippen molar-refractivity contribution >= 4 is 49.9 Å². The summed E-state index contributed by atoms with van der Waals surface area (Å²) in [5.74, 6) is 0. The van der Waals surface area contributed by atoms with Gasteiger partial charge in [-0.2, -0.15) is 0 Å². The van der Waals surface area contributed by atoms with Gasteiger partial charge in [0.1, 0.15) is 0 Å². The maximum atomic E-state index is 3.62. The summed E-state index contributed by atoms with van der Waals surface area (Å²) in [5, 5.41) is 3.58. The van der Waals surface area contributed by atoms with Crippen LogP contribution in [-0.2, 0) is 0 Å². The predicted molar refractivity (Wildman–Crippen MR) is 91.4 cm³/mol. The van der Waals surface area contributed by atoms with Crippen molar-refractivity contribution in [3.63, 3.8) is 0 Å². The molecule has 1 N–H and O–H groups in total. The molecule has 2 rings (SSSR count). The molecule has 18 heavy (non-hydrogen) atoms. The van der Waals surface area contributed by atoms with Gasteiger partial charge in [-0.25, -0.2) is 0 Å². The lowest BCUT2D eigenvalue weighted by Crippen LogP contribution is -2.21. The van der Waals surface area contributed by atoms with Crippen LogP contribution >= 0.6 is 49.9 Å². The zero-order valence-electron chi connectivity index (χ0n) is 10.3. The third-order valence-corrected chi connectivity index (χ3v) is 5.97. The first-order chi connectivity index (χ1) is 8.63. The third kappa shape index (κ3) is 3.15. The van der Waals surface area contributed by atoms with E-state index in [1.165, 1.54) is 23.4 Å². The number of hydrogen-bond donors (Lipinski definition) is 1. The molecule has 4 heteroatoms. The lowest BCUT2D eigenvalue weighted by atomic mass is 10.1. The van der Waals surface area contributed by atoms with Crippen LogP contribution in [-0.4, -0.2) is 6.54 Å². The van der Waals surface area contributed by atoms with Gasteiger partial charge < -0.3 is 5.32 Å². The van der Waals surface area contributed by atoms with Gasteiger partial charge in [-0.15, -0.1) is 11.3 Å². The Labute approximate surface area is 134 Å². The second kappa shape index (κ2) is 6.50. The summed E-state index contributed by atoms with van der Waals surface area (Å²) in [6, 6.07) is 11.1. The van der Waals surface area contributed by atoms with Crippen LogP contribution < -0.4 is 5.32 Å². The molecular formula is C14H15BrINS. The Morgan fingerprint density at radius 3 is 2.67 bits per heavy atom. The van der Waals surface area contributed by atoms with Crippen molar-refractivity contribution in [2.24, 2.45) is 0 Å². The van der Waals surface area contributed by atoms with E-state index >= 15 is 0 Å². The van der Waals surface area contributed by atoms with Gasteiger partial charge in [0.25, 0.3) is 0 Å². The predicted octanol–water partition coefficient (Wildman–Crippen LogP) is 5.12. The second-order valence-electron chi connectivity index (χ2n) is 4.12. The van der Waals surface area contributed by atoms with Gasteiger partial charge in [0.2, 0.25) is 0 Å². The maximum absolute atomic E-state index is 3.62. The molecule has 1 aromatic heterocycles. The van der Waals surface area contributed by atoms with E-state index in [4.69, 9.17) is 0 Å². The largest absolute Gasteiger partial charge is 0.306 e. The van der Waals surface area contributed by atoms with Gasteiger partial charge >= 0.3 is 0 Å². The highest BCUT2D eigenvalue weighted by atomic mass is 127. The fraction of sp³-hybridized carbons (Fsp3) is 0.286. The van der Waals surface area contributed by atoms with E-state index in [0.29, 0.717) is 0 Å². The molecule has 96 valence electrons. The summed E-state index contributed by atoms with van der Waals surface area (Å²) < 4.78 is 2.54. The number of nitrogens with one attached hydrogen (secondary N) is 1. The van der Waals surface area contributed by atoms with Gasteiger partial charge in [0.05, 0.1) is 9.83 Å². The molecule has 0 aliphatic carbocycles. The molecule has 0 aliphatic rings. The van der Waals surface area contributed by atoms with E-state index in [9.17, 15) is 0 Å². The molecule has 1 heterocycles. The summed E-state index contributed by atoms with van der Waals surface area (Å²) >= 11 is 7.84. The quantitative estimate of drug-likeness (QED) is 0.657. The van der Waals surface area contributed by atoms with Crippen molar-refractivity contribution in [1.82, 2.24) is 5.32 Å². The monoisotopic (exact) mass is 435 g/mol. The standard InChI is InChI=1S/C14H15BrINS/c1-3-17-13(10-6-4-5-7-11(10)16)12-8-9(2)14(15)18-12/h4-8,13,17H,3H2,1-2H3. The van der Waals surface area contributed by atoms with Crippen LogP contribution in [0.5, 0.6) is 0 Å². The molecule has 2 aromatic rings. The average molecular weight is 436 g/mol. The highest BCUT2D eigenvalue weighted by molar-refractivity contribution is 14.1. The lowest BCUT2D eigenvalue weighted by molar-refractivity contribution is 0.637. The van der Waals surface area contributed by atoms with Crippen LogP contribution in [0.15, 0.2) is 34.1 Å². The Hall–Kier alpha value is 0.0900. The van der Waals surface area contributed by atoms with Crippen molar-refractivity contribution in [2.45, 2.75) is 19.9 Å². The SMILES string of the molecule is CCNC(c1cc(C)c(Br)s1)c1ccccc1I. The Balaban J connectivity index is 2.43. The first kappa shape index (κ1) is 14.5. The van der Waals surface area contributed by atoms with E-state index in [2.05, 4.69) is 88.0 Å². The topological polar surface area (TPSA) is 12.0 Å². The Morgan fingerprint density at radius 1 is 1.39 bits per heavy atom. The van der Waals surface area contributed by atoms with E-state index < -0.39 is 0 Å². The summed E-state index contributed by atoms with van der Waals surface area (Å²) in [7, 11) is 0. The molecule has 1 atom stereocenters. The molecule has 0 spiro atoms. The minimum Gasteiger partial charge on any atom is -0.306 e. The zero-order chi connectivity index (χ0) is 13.1. The van der Waals surface area contributed by atoms with Crippen LogP contribution in [0.25, 0.3) is 0 Å². The van der Waals surface area contributed by atoms with Gasteiger partial charge in [-0.3, -0.25) is 0 Å². The summed E-state index contributed by atoms with van der Waals surface area (Å²) in [6.07, 6.45) is 0. The summed E-state index contributed by atoms with van der Waals surface area (Å²) in [6.45, 7) is 5.26. The molecule has 0 amide bonds. The number of thiophene rings is 1. The van der Waals surface area contributed by atoms with Crippen LogP contribution in [0.1, 0.15) is 29.0 Å². The Bertz CT molecular complexity index is 519. The Kier molecular flexibility index (Phi) is 5.24. The highest BCUT2D eigenvalue weighted by Crippen LogP contribution is 2.35. The van der Waals surface area contributed by atoms with E-state index in [-0.39, 0.29) is 6.04 Å². The highest BCUT2D eigenvalue weighted by Gasteiger charge is 2.18. The van der Waals surface area contributed by atoms with E-state index in [1.807, 2.05) is 11.3 Å². The normalized spacial score (nSPS) is 12.7. The molecule has 0 fully saturated rings. The average Bonchev–Trinajstić information content (AvgIpc) is 2.68. The van der Waals surface area contributed by atoms with Crippen molar-refractivity contribution in [1.29, 1.82) is 0 Å². The fourth-order valence-electron chi connectivity index (χ4n) is 1.90. The molecule has 0 radical (unpaired) electrons. The zero-order valence-corrected chi connectivity index (χ0v) is 14.9. The number of hydrogen-bond acceptors (Lipinski definition) is 2. The van der Waals surface area contributed by atoms with Crippen molar-refractivity contribution in [2.75, 3.05) is 6.54 Å². The third-order valence-electron chi connectivity index (χ3n) is 2.79. The molecule has 1 aromatic carbocycles. The van der Waals surface area contributed by atoms with Gasteiger partial charge in [-0.1, -0.05) is 25.1 Å². The molecule has 0 saturated carbocycles. The molecule has 0 bridgehead atoms. The summed E-state index contributed by atoms with van der Waals surface area (Å²) in [4.78, 5) is 1.37. The second-order valence-corrected chi connectivity index (χ2v) is 7.68. The van der Waals surface area contributed by atoms with Gasteiger partial charge in [0, 0.05) is 8.45 Å². The molecule has 1 unspecified atom stereocenters. The minimum atomic E-state index is 0.290. The van der Waals surface area contributed by atoms with Crippen LogP contribution in [0.3, 0.4) is 0 Å². The minimum absolute atomic E-state index is 0.290. The van der Waals surface area contributed by atoms with Gasteiger partial charge in [-0.05, 0) is 75.2 Å². The molecule has 0 aliphatic heterocycles. The number of halogens is 2. The number of benzene rings is 1. The van der Waals surface area contributed by atoms with Crippen LogP contribution in [0.2, 0.25) is 0 Å². The molecule has 1 nitrogen and oxygen atoms in total. The van der Waals surface area contributed by atoms with Crippen molar-refractivity contribution in [3.05, 3.63) is 53.7 Å². The van der Waals surface area contributed by atoms with Crippen LogP contribution in [0.4, 0.5) is 0 Å². The van der Waals surface area contributed by atoms with Crippen LogP contribution in [0, 0.1) is 10.5 Å². The summed E-state index contributed by atoms with van der Waals surface area (Å²) in [5.41, 5.74) is 2.66. The smallest absolute Gasteiger partial charge is 0.0731 e. The maximum Gasteiger partial charge on any atom is 0.0731 e. The molecular weight excluding hydrogens is 421 g/mol. The van der Waals surface area contributed by atoms with Gasteiger partial charge in [0.15, 0.2) is 0 Å².